The van der Waals surface area contributed by atoms with Gasteiger partial charge in [-0.2, -0.15) is 0 Å². The van der Waals surface area contributed by atoms with Gasteiger partial charge in [0.05, 0.1) is 17.8 Å². The predicted octanol–water partition coefficient (Wildman–Crippen LogP) is 4.31. The second-order valence-corrected chi connectivity index (χ2v) is 9.05. The maximum absolute atomic E-state index is 5.77. The number of hydrogen-bond donors (Lipinski definition) is 1. The first kappa shape index (κ1) is 20.4. The van der Waals surface area contributed by atoms with Crippen LogP contribution in [0.5, 0.6) is 0 Å². The minimum Gasteiger partial charge on any atom is -0.352 e. The monoisotopic (exact) mass is 411 g/mol. The Morgan fingerprint density at radius 1 is 1.17 bits per heavy atom. The summed E-state index contributed by atoms with van der Waals surface area (Å²) in [6.45, 7) is 2.01. The Labute approximate surface area is 180 Å². The maximum atomic E-state index is 5.77. The van der Waals surface area contributed by atoms with E-state index in [1.807, 2.05) is 12.3 Å². The summed E-state index contributed by atoms with van der Waals surface area (Å²) in [6.07, 6.45) is 14.3. The topological polar surface area (TPSA) is 36.3 Å². The SMILES string of the molecule is CN(C)CCCN1C(=S)N[C@@H](c2ccccn2)[C@H]1c1ccn(C2CCCCC2)c1. The van der Waals surface area contributed by atoms with E-state index in [0.717, 1.165) is 30.3 Å². The van der Waals surface area contributed by atoms with Crippen molar-refractivity contribution in [2.75, 3.05) is 27.2 Å². The highest BCUT2D eigenvalue weighted by Gasteiger charge is 2.39. The average Bonchev–Trinajstić information content (AvgIpc) is 3.34. The number of aromatic nitrogens is 2. The number of hydrogen-bond acceptors (Lipinski definition) is 3. The standard InChI is InChI=1S/C23H33N5S/c1-26(2)14-8-15-28-22(21(25-23(28)29)20-11-6-7-13-24-20)18-12-16-27(17-18)19-9-4-3-5-10-19/h6-7,11-13,16-17,19,21-22H,3-5,8-10,14-15H2,1-2H3,(H,25,29)/t21-,22+/m0/s1. The van der Waals surface area contributed by atoms with E-state index in [0.29, 0.717) is 6.04 Å². The van der Waals surface area contributed by atoms with E-state index >= 15 is 0 Å². The highest BCUT2D eigenvalue weighted by molar-refractivity contribution is 7.80. The molecule has 0 amide bonds. The van der Waals surface area contributed by atoms with Crippen LogP contribution in [0, 0.1) is 0 Å². The molecule has 1 aliphatic heterocycles. The van der Waals surface area contributed by atoms with Crippen LogP contribution in [0.25, 0.3) is 0 Å². The van der Waals surface area contributed by atoms with Gasteiger partial charge in [-0.3, -0.25) is 4.98 Å². The summed E-state index contributed by atoms with van der Waals surface area (Å²) in [7, 11) is 4.25. The summed E-state index contributed by atoms with van der Waals surface area (Å²) in [5.41, 5.74) is 2.39. The van der Waals surface area contributed by atoms with Gasteiger partial charge in [-0.25, -0.2) is 0 Å². The normalized spacial score (nSPS) is 23.0. The molecule has 2 aromatic rings. The van der Waals surface area contributed by atoms with Crippen LogP contribution in [0.3, 0.4) is 0 Å². The fraction of sp³-hybridized carbons (Fsp3) is 0.565. The predicted molar refractivity (Wildman–Crippen MR) is 122 cm³/mol. The van der Waals surface area contributed by atoms with Gasteiger partial charge in [0.25, 0.3) is 0 Å². The molecule has 6 heteroatoms. The Balaban J connectivity index is 1.60. The van der Waals surface area contributed by atoms with Crippen LogP contribution in [0.4, 0.5) is 0 Å². The molecule has 0 radical (unpaired) electrons. The average molecular weight is 412 g/mol. The zero-order valence-corrected chi connectivity index (χ0v) is 18.4. The first-order chi connectivity index (χ1) is 14.1. The van der Waals surface area contributed by atoms with Gasteiger partial charge in [0, 0.05) is 31.2 Å². The minimum atomic E-state index is 0.0882. The van der Waals surface area contributed by atoms with Crippen LogP contribution >= 0.6 is 12.2 Å². The Bertz CT molecular complexity index is 797. The third kappa shape index (κ3) is 4.64. The van der Waals surface area contributed by atoms with Crippen LogP contribution in [0.2, 0.25) is 0 Å². The fourth-order valence-corrected chi connectivity index (χ4v) is 5.11. The van der Waals surface area contributed by atoms with Crippen molar-refractivity contribution in [1.29, 1.82) is 0 Å². The third-order valence-corrected chi connectivity index (χ3v) is 6.63. The van der Waals surface area contributed by atoms with Crippen molar-refractivity contribution in [2.45, 2.75) is 56.7 Å². The number of nitrogens with one attached hydrogen (secondary N) is 1. The Kier molecular flexibility index (Phi) is 6.50. The lowest BCUT2D eigenvalue weighted by Crippen LogP contribution is -2.32. The van der Waals surface area contributed by atoms with E-state index in [1.54, 1.807) is 0 Å². The second-order valence-electron chi connectivity index (χ2n) is 8.66. The zero-order chi connectivity index (χ0) is 20.2. The molecule has 2 aliphatic rings. The zero-order valence-electron chi connectivity index (χ0n) is 17.6. The molecule has 2 fully saturated rings. The van der Waals surface area contributed by atoms with E-state index in [2.05, 4.69) is 69.4 Å². The molecule has 29 heavy (non-hydrogen) atoms. The molecule has 0 spiro atoms. The first-order valence-corrected chi connectivity index (χ1v) is 11.3. The van der Waals surface area contributed by atoms with Crippen LogP contribution in [-0.2, 0) is 0 Å². The molecule has 1 saturated heterocycles. The van der Waals surface area contributed by atoms with Crippen molar-refractivity contribution in [1.82, 2.24) is 24.7 Å². The number of nitrogens with zero attached hydrogens (tertiary/aromatic N) is 4. The molecule has 0 bridgehead atoms. The quantitative estimate of drug-likeness (QED) is 0.687. The van der Waals surface area contributed by atoms with Crippen LogP contribution in [0.1, 0.15) is 67.9 Å². The van der Waals surface area contributed by atoms with Gasteiger partial charge in [0.1, 0.15) is 0 Å². The largest absolute Gasteiger partial charge is 0.352 e. The number of thiocarbonyl (C=S) groups is 1. The summed E-state index contributed by atoms with van der Waals surface area (Å²) in [4.78, 5) is 9.25. The van der Waals surface area contributed by atoms with Gasteiger partial charge < -0.3 is 19.7 Å². The molecule has 2 aromatic heterocycles. The molecule has 1 N–H and O–H groups in total. The van der Waals surface area contributed by atoms with Crippen molar-refractivity contribution < 1.29 is 0 Å². The fourth-order valence-electron chi connectivity index (χ4n) is 4.78. The molecule has 156 valence electrons. The van der Waals surface area contributed by atoms with E-state index in [1.165, 1.54) is 37.7 Å². The maximum Gasteiger partial charge on any atom is 0.170 e. The van der Waals surface area contributed by atoms with Crippen molar-refractivity contribution in [3.8, 4) is 0 Å². The summed E-state index contributed by atoms with van der Waals surface area (Å²) < 4.78 is 2.45. The summed E-state index contributed by atoms with van der Waals surface area (Å²) in [5, 5.41) is 4.41. The molecular weight excluding hydrogens is 378 g/mol. The van der Waals surface area contributed by atoms with E-state index in [9.17, 15) is 0 Å². The van der Waals surface area contributed by atoms with Gasteiger partial charge in [-0.05, 0) is 75.9 Å². The molecule has 3 heterocycles. The molecule has 1 saturated carbocycles. The van der Waals surface area contributed by atoms with Gasteiger partial charge in [0.15, 0.2) is 5.11 Å². The van der Waals surface area contributed by atoms with E-state index in [4.69, 9.17) is 12.2 Å². The molecular formula is C23H33N5S. The smallest absolute Gasteiger partial charge is 0.170 e. The molecule has 1 aliphatic carbocycles. The van der Waals surface area contributed by atoms with Gasteiger partial charge in [-0.15, -0.1) is 0 Å². The second kappa shape index (κ2) is 9.26. The van der Waals surface area contributed by atoms with Gasteiger partial charge in [-0.1, -0.05) is 25.3 Å². The molecule has 2 atom stereocenters. The van der Waals surface area contributed by atoms with Crippen molar-refractivity contribution in [3.05, 3.63) is 54.1 Å². The Morgan fingerprint density at radius 2 is 2.00 bits per heavy atom. The lowest BCUT2D eigenvalue weighted by Gasteiger charge is -2.28. The first-order valence-electron chi connectivity index (χ1n) is 10.9. The van der Waals surface area contributed by atoms with Crippen molar-refractivity contribution in [2.24, 2.45) is 0 Å². The molecule has 5 nitrogen and oxygen atoms in total. The molecule has 0 aromatic carbocycles. The highest BCUT2D eigenvalue weighted by Crippen LogP contribution is 2.39. The Morgan fingerprint density at radius 3 is 2.72 bits per heavy atom. The minimum absolute atomic E-state index is 0.0882. The van der Waals surface area contributed by atoms with E-state index in [-0.39, 0.29) is 12.1 Å². The highest BCUT2D eigenvalue weighted by atomic mass is 32.1. The summed E-state index contributed by atoms with van der Waals surface area (Å²) in [5.74, 6) is 0. The van der Waals surface area contributed by atoms with Crippen molar-refractivity contribution in [3.63, 3.8) is 0 Å². The molecule has 4 rings (SSSR count). The van der Waals surface area contributed by atoms with Gasteiger partial charge >= 0.3 is 0 Å². The third-order valence-electron chi connectivity index (χ3n) is 6.28. The number of pyridine rings is 1. The lowest BCUT2D eigenvalue weighted by atomic mass is 9.95. The van der Waals surface area contributed by atoms with Gasteiger partial charge in [0.2, 0.25) is 0 Å². The lowest BCUT2D eigenvalue weighted by molar-refractivity contribution is 0.292. The van der Waals surface area contributed by atoms with E-state index < -0.39 is 0 Å². The number of rotatable bonds is 7. The summed E-state index contributed by atoms with van der Waals surface area (Å²) in [6, 6.07) is 9.36. The van der Waals surface area contributed by atoms with Crippen LogP contribution < -0.4 is 5.32 Å². The van der Waals surface area contributed by atoms with Crippen molar-refractivity contribution >= 4 is 17.3 Å². The Hall–Kier alpha value is -1.92. The van der Waals surface area contributed by atoms with Crippen LogP contribution in [-0.4, -0.2) is 51.6 Å². The summed E-state index contributed by atoms with van der Waals surface area (Å²) >= 11 is 5.77. The van der Waals surface area contributed by atoms with Crippen LogP contribution in [0.15, 0.2) is 42.9 Å². The molecule has 0 unspecified atom stereocenters.